The first-order valence-corrected chi connectivity index (χ1v) is 7.50. The van der Waals surface area contributed by atoms with Crippen molar-refractivity contribution in [3.05, 3.63) is 0 Å². The van der Waals surface area contributed by atoms with Gasteiger partial charge in [-0.05, 0) is 25.2 Å². The van der Waals surface area contributed by atoms with Crippen molar-refractivity contribution >= 4 is 5.97 Å². The number of rotatable bonds is 7. The van der Waals surface area contributed by atoms with Gasteiger partial charge in [0.15, 0.2) is 0 Å². The van der Waals surface area contributed by atoms with Gasteiger partial charge < -0.3 is 14.8 Å². The van der Waals surface area contributed by atoms with Crippen molar-refractivity contribution in [2.75, 3.05) is 13.7 Å². The molecule has 1 N–H and O–H groups in total. The van der Waals surface area contributed by atoms with E-state index in [1.165, 1.54) is 26.4 Å². The van der Waals surface area contributed by atoms with E-state index in [1.807, 2.05) is 13.8 Å². The van der Waals surface area contributed by atoms with Crippen LogP contribution < -0.4 is 5.32 Å². The summed E-state index contributed by atoms with van der Waals surface area (Å²) >= 11 is 0. The van der Waals surface area contributed by atoms with Gasteiger partial charge in [0.05, 0.1) is 13.2 Å². The predicted molar refractivity (Wildman–Crippen MR) is 76.1 cm³/mol. The Morgan fingerprint density at radius 2 is 2.00 bits per heavy atom. The van der Waals surface area contributed by atoms with Crippen LogP contribution in [0.1, 0.15) is 52.9 Å². The summed E-state index contributed by atoms with van der Waals surface area (Å²) in [4.78, 5) is 11.7. The Morgan fingerprint density at radius 1 is 1.32 bits per heavy atom. The minimum Gasteiger partial charge on any atom is -0.468 e. The molecule has 0 aromatic carbocycles. The molecule has 0 aliphatic heterocycles. The molecule has 4 heteroatoms. The quantitative estimate of drug-likeness (QED) is 0.723. The van der Waals surface area contributed by atoms with Gasteiger partial charge in [-0.2, -0.15) is 0 Å². The van der Waals surface area contributed by atoms with Crippen molar-refractivity contribution in [1.82, 2.24) is 5.32 Å². The van der Waals surface area contributed by atoms with Gasteiger partial charge in [0.2, 0.25) is 0 Å². The average Bonchev–Trinajstić information content (AvgIpc) is 2.38. The Morgan fingerprint density at radius 3 is 2.58 bits per heavy atom. The highest BCUT2D eigenvalue weighted by molar-refractivity contribution is 5.75. The molecular weight excluding hydrogens is 242 g/mol. The Hall–Kier alpha value is -0.610. The standard InChI is InChI=1S/C15H29NO3/c1-11(2)16-13(15(17)18-4)9-10-19-14-8-6-5-7-12(14)3/h11-14,16H,5-10H2,1-4H3. The topological polar surface area (TPSA) is 47.6 Å². The molecule has 0 aromatic heterocycles. The van der Waals surface area contributed by atoms with Crippen molar-refractivity contribution in [2.45, 2.75) is 71.1 Å². The van der Waals surface area contributed by atoms with Gasteiger partial charge in [0.25, 0.3) is 0 Å². The molecule has 1 aliphatic rings. The molecular formula is C15H29NO3. The van der Waals surface area contributed by atoms with E-state index in [4.69, 9.17) is 9.47 Å². The van der Waals surface area contributed by atoms with Crippen molar-refractivity contribution in [1.29, 1.82) is 0 Å². The van der Waals surface area contributed by atoms with E-state index in [-0.39, 0.29) is 18.1 Å². The molecule has 1 aliphatic carbocycles. The number of nitrogens with one attached hydrogen (secondary N) is 1. The van der Waals surface area contributed by atoms with Crippen LogP contribution >= 0.6 is 0 Å². The fourth-order valence-electron chi connectivity index (χ4n) is 2.68. The van der Waals surface area contributed by atoms with E-state index >= 15 is 0 Å². The third kappa shape index (κ3) is 5.91. The Balaban J connectivity index is 2.32. The maximum atomic E-state index is 11.7. The lowest BCUT2D eigenvalue weighted by molar-refractivity contribution is -0.144. The van der Waals surface area contributed by atoms with Gasteiger partial charge in [-0.3, -0.25) is 4.79 Å². The molecule has 0 heterocycles. The molecule has 0 aromatic rings. The fraction of sp³-hybridized carbons (Fsp3) is 0.933. The normalized spacial score (nSPS) is 25.3. The summed E-state index contributed by atoms with van der Waals surface area (Å²) in [5.74, 6) is 0.442. The van der Waals surface area contributed by atoms with Gasteiger partial charge in [-0.15, -0.1) is 0 Å². The van der Waals surface area contributed by atoms with Crippen molar-refractivity contribution in [3.8, 4) is 0 Å². The minimum absolute atomic E-state index is 0.200. The van der Waals surface area contributed by atoms with E-state index in [9.17, 15) is 4.79 Å². The van der Waals surface area contributed by atoms with Gasteiger partial charge in [-0.25, -0.2) is 0 Å². The molecule has 0 radical (unpaired) electrons. The van der Waals surface area contributed by atoms with E-state index in [0.717, 1.165) is 6.42 Å². The summed E-state index contributed by atoms with van der Waals surface area (Å²) < 4.78 is 10.8. The maximum absolute atomic E-state index is 11.7. The lowest BCUT2D eigenvalue weighted by Gasteiger charge is -2.29. The first kappa shape index (κ1) is 16.4. The van der Waals surface area contributed by atoms with Gasteiger partial charge in [0, 0.05) is 12.6 Å². The number of hydrogen-bond donors (Lipinski definition) is 1. The third-order valence-electron chi connectivity index (χ3n) is 3.79. The Bertz CT molecular complexity index is 268. The summed E-state index contributed by atoms with van der Waals surface area (Å²) in [5.41, 5.74) is 0. The van der Waals surface area contributed by atoms with Crippen LogP contribution in [0.25, 0.3) is 0 Å². The second-order valence-corrected chi connectivity index (χ2v) is 5.86. The van der Waals surface area contributed by atoms with Crippen LogP contribution in [0.4, 0.5) is 0 Å². The molecule has 0 spiro atoms. The van der Waals surface area contributed by atoms with Crippen molar-refractivity contribution < 1.29 is 14.3 Å². The molecule has 4 nitrogen and oxygen atoms in total. The molecule has 0 bridgehead atoms. The highest BCUT2D eigenvalue weighted by atomic mass is 16.5. The van der Waals surface area contributed by atoms with Crippen LogP contribution in [0.15, 0.2) is 0 Å². The zero-order valence-corrected chi connectivity index (χ0v) is 12.8. The molecule has 0 amide bonds. The second kappa shape index (κ2) is 8.54. The van der Waals surface area contributed by atoms with E-state index in [2.05, 4.69) is 12.2 Å². The SMILES string of the molecule is COC(=O)C(CCOC1CCCCC1C)NC(C)C. The smallest absolute Gasteiger partial charge is 0.322 e. The van der Waals surface area contributed by atoms with E-state index in [0.29, 0.717) is 25.0 Å². The molecule has 1 fully saturated rings. The first-order valence-electron chi connectivity index (χ1n) is 7.50. The van der Waals surface area contributed by atoms with E-state index < -0.39 is 0 Å². The highest BCUT2D eigenvalue weighted by Gasteiger charge is 2.24. The number of methoxy groups -OCH3 is 1. The summed E-state index contributed by atoms with van der Waals surface area (Å²) in [6.07, 6.45) is 6.04. The fourth-order valence-corrected chi connectivity index (χ4v) is 2.68. The number of esters is 1. The summed E-state index contributed by atoms with van der Waals surface area (Å²) in [6.45, 7) is 6.93. The average molecular weight is 271 g/mol. The molecule has 3 atom stereocenters. The lowest BCUT2D eigenvalue weighted by atomic mass is 9.88. The highest BCUT2D eigenvalue weighted by Crippen LogP contribution is 2.26. The van der Waals surface area contributed by atoms with Crippen LogP contribution in [0.5, 0.6) is 0 Å². The van der Waals surface area contributed by atoms with Gasteiger partial charge >= 0.3 is 5.97 Å². The first-order chi connectivity index (χ1) is 9.04. The van der Waals surface area contributed by atoms with Crippen molar-refractivity contribution in [3.63, 3.8) is 0 Å². The van der Waals surface area contributed by atoms with Crippen LogP contribution in [0.2, 0.25) is 0 Å². The summed E-state index contributed by atoms with van der Waals surface area (Å²) in [5, 5.41) is 3.22. The second-order valence-electron chi connectivity index (χ2n) is 5.86. The number of carbonyl (C=O) groups is 1. The molecule has 1 saturated carbocycles. The van der Waals surface area contributed by atoms with Crippen LogP contribution in [-0.4, -0.2) is 37.9 Å². The van der Waals surface area contributed by atoms with Gasteiger partial charge in [-0.1, -0.05) is 33.6 Å². The van der Waals surface area contributed by atoms with Crippen LogP contribution in [0, 0.1) is 5.92 Å². The molecule has 112 valence electrons. The minimum atomic E-state index is -0.260. The lowest BCUT2D eigenvalue weighted by Crippen LogP contribution is -2.42. The largest absolute Gasteiger partial charge is 0.468 e. The van der Waals surface area contributed by atoms with E-state index in [1.54, 1.807) is 0 Å². The van der Waals surface area contributed by atoms with Gasteiger partial charge in [0.1, 0.15) is 6.04 Å². The predicted octanol–water partition coefficient (Wildman–Crippen LogP) is 2.51. The van der Waals surface area contributed by atoms with Crippen LogP contribution in [0.3, 0.4) is 0 Å². The Kier molecular flexibility index (Phi) is 7.39. The molecule has 3 unspecified atom stereocenters. The molecule has 0 saturated heterocycles. The number of ether oxygens (including phenoxy) is 2. The zero-order valence-electron chi connectivity index (χ0n) is 12.8. The van der Waals surface area contributed by atoms with Crippen molar-refractivity contribution in [2.24, 2.45) is 5.92 Å². The van der Waals surface area contributed by atoms with Crippen LogP contribution in [-0.2, 0) is 14.3 Å². The summed E-state index contributed by atoms with van der Waals surface area (Å²) in [7, 11) is 1.43. The summed E-state index contributed by atoms with van der Waals surface area (Å²) in [6, 6.07) is 0.00148. The number of hydrogen-bond acceptors (Lipinski definition) is 4. The maximum Gasteiger partial charge on any atom is 0.322 e. The molecule has 19 heavy (non-hydrogen) atoms. The molecule has 1 rings (SSSR count). The zero-order chi connectivity index (χ0) is 14.3. The Labute approximate surface area is 117 Å². The third-order valence-corrected chi connectivity index (χ3v) is 3.79. The number of carbonyl (C=O) groups excluding carboxylic acids is 1. The monoisotopic (exact) mass is 271 g/mol.